The SMILES string of the molecule is COc1ccc2c3c(ccc2c1)OC(c1ccccc1)(C(F)(F)F)C=C3. The van der Waals surface area contributed by atoms with Crippen molar-refractivity contribution >= 4 is 16.8 Å². The first-order valence-corrected chi connectivity index (χ1v) is 8.06. The predicted molar refractivity (Wildman–Crippen MR) is 94.3 cm³/mol. The zero-order valence-electron chi connectivity index (χ0n) is 13.9. The summed E-state index contributed by atoms with van der Waals surface area (Å²) >= 11 is 0. The van der Waals surface area contributed by atoms with Crippen molar-refractivity contribution in [3.63, 3.8) is 0 Å². The Morgan fingerprint density at radius 1 is 0.962 bits per heavy atom. The monoisotopic (exact) mass is 356 g/mol. The van der Waals surface area contributed by atoms with Gasteiger partial charge in [0.25, 0.3) is 0 Å². The predicted octanol–water partition coefficient (Wildman–Crippen LogP) is 5.71. The molecule has 0 fully saturated rings. The third kappa shape index (κ3) is 2.43. The van der Waals surface area contributed by atoms with Crippen molar-refractivity contribution in [3.05, 3.63) is 77.9 Å². The fourth-order valence-corrected chi connectivity index (χ4v) is 3.26. The summed E-state index contributed by atoms with van der Waals surface area (Å²) in [6, 6.07) is 16.4. The van der Waals surface area contributed by atoms with Gasteiger partial charge in [0.1, 0.15) is 11.5 Å². The maximum absolute atomic E-state index is 14.0. The van der Waals surface area contributed by atoms with Gasteiger partial charge in [-0.15, -0.1) is 0 Å². The molecular formula is C21H15F3O2. The summed E-state index contributed by atoms with van der Waals surface area (Å²) in [5.74, 6) is 0.887. The lowest BCUT2D eigenvalue weighted by Crippen LogP contribution is -2.46. The van der Waals surface area contributed by atoms with E-state index in [0.717, 1.165) is 16.8 Å². The fourth-order valence-electron chi connectivity index (χ4n) is 3.26. The lowest BCUT2D eigenvalue weighted by Gasteiger charge is -2.37. The van der Waals surface area contributed by atoms with E-state index in [4.69, 9.17) is 9.47 Å². The zero-order valence-corrected chi connectivity index (χ0v) is 13.9. The van der Waals surface area contributed by atoms with Gasteiger partial charge in [0, 0.05) is 11.1 Å². The van der Waals surface area contributed by atoms with Crippen LogP contribution in [0, 0.1) is 0 Å². The van der Waals surface area contributed by atoms with Gasteiger partial charge in [-0.05, 0) is 47.2 Å². The average molecular weight is 356 g/mol. The topological polar surface area (TPSA) is 18.5 Å². The molecule has 0 spiro atoms. The van der Waals surface area contributed by atoms with Crippen LogP contribution in [0.5, 0.6) is 11.5 Å². The summed E-state index contributed by atoms with van der Waals surface area (Å²) in [6.45, 7) is 0. The number of fused-ring (bicyclic) bond motifs is 3. The Morgan fingerprint density at radius 3 is 2.42 bits per heavy atom. The van der Waals surface area contributed by atoms with Crippen molar-refractivity contribution in [2.45, 2.75) is 11.8 Å². The van der Waals surface area contributed by atoms with Crippen LogP contribution in [0.2, 0.25) is 0 Å². The Balaban J connectivity index is 1.89. The van der Waals surface area contributed by atoms with Gasteiger partial charge >= 0.3 is 6.18 Å². The highest BCUT2D eigenvalue weighted by Crippen LogP contribution is 2.48. The molecule has 3 aromatic rings. The molecule has 0 saturated carbocycles. The van der Waals surface area contributed by atoms with Gasteiger partial charge in [-0.1, -0.05) is 36.4 Å². The Morgan fingerprint density at radius 2 is 1.73 bits per heavy atom. The van der Waals surface area contributed by atoms with Gasteiger partial charge in [-0.2, -0.15) is 13.2 Å². The van der Waals surface area contributed by atoms with E-state index >= 15 is 0 Å². The highest BCUT2D eigenvalue weighted by Gasteiger charge is 2.58. The lowest BCUT2D eigenvalue weighted by atomic mass is 9.88. The van der Waals surface area contributed by atoms with Gasteiger partial charge in [0.2, 0.25) is 5.60 Å². The first-order valence-electron chi connectivity index (χ1n) is 8.06. The molecule has 2 nitrogen and oxygen atoms in total. The Kier molecular flexibility index (Phi) is 3.68. The maximum atomic E-state index is 14.0. The molecule has 4 rings (SSSR count). The minimum atomic E-state index is -4.60. The van der Waals surface area contributed by atoms with Gasteiger partial charge < -0.3 is 9.47 Å². The molecule has 5 heteroatoms. The number of methoxy groups -OCH3 is 1. The smallest absolute Gasteiger partial charge is 0.436 e. The van der Waals surface area contributed by atoms with Crippen molar-refractivity contribution in [1.82, 2.24) is 0 Å². The second-order valence-corrected chi connectivity index (χ2v) is 6.10. The molecule has 132 valence electrons. The highest BCUT2D eigenvalue weighted by molar-refractivity contribution is 5.94. The Bertz CT molecular complexity index is 993. The van der Waals surface area contributed by atoms with Gasteiger partial charge in [-0.3, -0.25) is 0 Å². The first-order chi connectivity index (χ1) is 12.4. The molecule has 0 amide bonds. The Hall–Kier alpha value is -2.95. The standard InChI is InChI=1S/C21H15F3O2/c1-25-16-8-9-17-14(13-16)7-10-19-18(17)11-12-20(26-19,21(22,23)24)15-5-3-2-4-6-15/h2-13H,1H3. The van der Waals surface area contributed by atoms with Crippen LogP contribution in [-0.4, -0.2) is 13.3 Å². The average Bonchev–Trinajstić information content (AvgIpc) is 2.66. The summed E-state index contributed by atoms with van der Waals surface area (Å²) in [5.41, 5.74) is -1.83. The number of halogens is 3. The third-order valence-electron chi connectivity index (χ3n) is 4.61. The number of hydrogen-bond acceptors (Lipinski definition) is 2. The van der Waals surface area contributed by atoms with Crippen molar-refractivity contribution in [2.75, 3.05) is 7.11 Å². The minimum absolute atomic E-state index is 0.0456. The molecule has 1 atom stereocenters. The third-order valence-corrected chi connectivity index (χ3v) is 4.61. The van der Waals surface area contributed by atoms with Crippen LogP contribution in [0.1, 0.15) is 11.1 Å². The van der Waals surface area contributed by atoms with Crippen LogP contribution in [-0.2, 0) is 5.60 Å². The molecular weight excluding hydrogens is 341 g/mol. The van der Waals surface area contributed by atoms with Crippen LogP contribution in [0.25, 0.3) is 16.8 Å². The van der Waals surface area contributed by atoms with E-state index in [0.29, 0.717) is 11.3 Å². The molecule has 0 saturated heterocycles. The molecule has 1 heterocycles. The molecule has 0 N–H and O–H groups in total. The second-order valence-electron chi connectivity index (χ2n) is 6.10. The number of hydrogen-bond donors (Lipinski definition) is 0. The largest absolute Gasteiger partial charge is 0.497 e. The second kappa shape index (κ2) is 5.80. The van der Waals surface area contributed by atoms with Crippen molar-refractivity contribution in [2.24, 2.45) is 0 Å². The number of benzene rings is 3. The van der Waals surface area contributed by atoms with E-state index in [1.807, 2.05) is 12.1 Å². The van der Waals surface area contributed by atoms with Crippen LogP contribution in [0.3, 0.4) is 0 Å². The fraction of sp³-hybridized carbons (Fsp3) is 0.143. The van der Waals surface area contributed by atoms with Crippen molar-refractivity contribution in [3.8, 4) is 11.5 Å². The summed E-state index contributed by atoms with van der Waals surface area (Å²) in [7, 11) is 1.57. The molecule has 0 aromatic heterocycles. The van der Waals surface area contributed by atoms with E-state index in [-0.39, 0.29) is 11.3 Å². The van der Waals surface area contributed by atoms with E-state index in [1.54, 1.807) is 43.5 Å². The summed E-state index contributed by atoms with van der Waals surface area (Å²) in [4.78, 5) is 0. The van der Waals surface area contributed by atoms with E-state index in [2.05, 4.69) is 0 Å². The molecule has 1 aliphatic heterocycles. The van der Waals surface area contributed by atoms with Crippen LogP contribution < -0.4 is 9.47 Å². The lowest BCUT2D eigenvalue weighted by molar-refractivity contribution is -0.234. The molecule has 0 radical (unpaired) electrons. The highest BCUT2D eigenvalue weighted by atomic mass is 19.4. The van der Waals surface area contributed by atoms with E-state index in [9.17, 15) is 13.2 Å². The zero-order chi connectivity index (χ0) is 18.4. The molecule has 0 bridgehead atoms. The Labute approximate surface area is 148 Å². The maximum Gasteiger partial charge on any atom is 0.436 e. The number of alkyl halides is 3. The van der Waals surface area contributed by atoms with Crippen molar-refractivity contribution < 1.29 is 22.6 Å². The molecule has 26 heavy (non-hydrogen) atoms. The summed E-state index contributed by atoms with van der Waals surface area (Å²) in [6.07, 6.45) is -2.01. The van der Waals surface area contributed by atoms with E-state index in [1.165, 1.54) is 18.2 Å². The number of rotatable bonds is 2. The van der Waals surface area contributed by atoms with Crippen LogP contribution in [0.4, 0.5) is 13.2 Å². The van der Waals surface area contributed by atoms with E-state index < -0.39 is 11.8 Å². The molecule has 0 aliphatic carbocycles. The summed E-state index contributed by atoms with van der Waals surface area (Å²) in [5, 5.41) is 1.68. The first kappa shape index (κ1) is 16.5. The van der Waals surface area contributed by atoms with Gasteiger partial charge in [0.05, 0.1) is 7.11 Å². The number of ether oxygens (including phenoxy) is 2. The molecule has 1 unspecified atom stereocenters. The van der Waals surface area contributed by atoms with Gasteiger partial charge in [-0.25, -0.2) is 0 Å². The normalized spacial score (nSPS) is 19.1. The minimum Gasteiger partial charge on any atom is -0.497 e. The quantitative estimate of drug-likeness (QED) is 0.585. The van der Waals surface area contributed by atoms with Crippen molar-refractivity contribution in [1.29, 1.82) is 0 Å². The van der Waals surface area contributed by atoms with Crippen LogP contribution >= 0.6 is 0 Å². The molecule has 3 aromatic carbocycles. The molecule has 1 aliphatic rings. The van der Waals surface area contributed by atoms with Crippen LogP contribution in [0.15, 0.2) is 66.7 Å². The van der Waals surface area contributed by atoms with Gasteiger partial charge in [0.15, 0.2) is 0 Å². The summed E-state index contributed by atoms with van der Waals surface area (Å²) < 4.78 is 52.8.